The van der Waals surface area contributed by atoms with Gasteiger partial charge in [-0.15, -0.1) is 0 Å². The van der Waals surface area contributed by atoms with Gasteiger partial charge in [0.1, 0.15) is 0 Å². The quantitative estimate of drug-likeness (QED) is 0.354. The molecule has 0 saturated carbocycles. The summed E-state index contributed by atoms with van der Waals surface area (Å²) in [5.41, 5.74) is -1.14. The number of aliphatic carboxylic acids is 1. The number of nitrogens with zero attached hydrogens (tertiary/aromatic N) is 2. The van der Waals surface area contributed by atoms with Gasteiger partial charge >= 0.3 is 170 Å². The fourth-order valence-electron chi connectivity index (χ4n) is 2.31. The fraction of sp³-hybridized carbons (Fsp3) is 0.529. The predicted molar refractivity (Wildman–Crippen MR) is 100.0 cm³/mol. The number of ether oxygens (including phenoxy) is 3. The molecule has 1 amide bonds. The summed E-state index contributed by atoms with van der Waals surface area (Å²) < 4.78 is 15.5. The van der Waals surface area contributed by atoms with Crippen LogP contribution in [0.5, 0.6) is 11.5 Å². The van der Waals surface area contributed by atoms with Crippen molar-refractivity contribution in [3.05, 3.63) is 27.8 Å². The molecule has 0 aliphatic heterocycles. The van der Waals surface area contributed by atoms with Crippen LogP contribution >= 0.6 is 0 Å². The van der Waals surface area contributed by atoms with Crippen LogP contribution in [0.2, 0.25) is 5.32 Å². The Hall–Kier alpha value is -2.52. The van der Waals surface area contributed by atoms with E-state index in [9.17, 15) is 24.8 Å². The minimum absolute atomic E-state index is 0.0321. The average Bonchev–Trinajstić information content (AvgIpc) is 2.58. The summed E-state index contributed by atoms with van der Waals surface area (Å²) in [5, 5.41) is 20.9. The molecule has 1 aromatic rings. The number of amides is 1. The van der Waals surface area contributed by atoms with Crippen LogP contribution in [0.3, 0.4) is 0 Å². The maximum atomic E-state index is 12.6. The van der Waals surface area contributed by atoms with Crippen LogP contribution in [0.4, 0.5) is 10.5 Å². The number of carboxylic acid groups (broad SMARTS) is 1. The zero-order valence-corrected chi connectivity index (χ0v) is 18.0. The molecule has 1 aromatic carbocycles. The van der Waals surface area contributed by atoms with E-state index in [0.717, 1.165) is 11.0 Å². The van der Waals surface area contributed by atoms with Crippen molar-refractivity contribution in [2.75, 3.05) is 14.2 Å². The summed E-state index contributed by atoms with van der Waals surface area (Å²) in [6.07, 6.45) is -0.903. The Bertz CT molecular complexity index is 747. The summed E-state index contributed by atoms with van der Waals surface area (Å²) in [6, 6.07) is 1.23. The Balaban J connectivity index is 3.46. The van der Waals surface area contributed by atoms with Crippen LogP contribution in [0.1, 0.15) is 26.3 Å². The monoisotopic (exact) mass is 463 g/mol. The fourth-order valence-corrected chi connectivity index (χ4v) is 2.98. The minimum atomic E-state index is -1.28. The van der Waals surface area contributed by atoms with Gasteiger partial charge in [-0.25, -0.2) is 0 Å². The first-order valence-corrected chi connectivity index (χ1v) is 9.36. The third-order valence-electron chi connectivity index (χ3n) is 3.57. The molecule has 28 heavy (non-hydrogen) atoms. The van der Waals surface area contributed by atoms with Gasteiger partial charge in [0.15, 0.2) is 0 Å². The Kier molecular flexibility index (Phi) is 8.07. The van der Waals surface area contributed by atoms with Crippen LogP contribution in [-0.2, 0) is 16.1 Å². The predicted octanol–water partition coefficient (Wildman–Crippen LogP) is 2.39. The van der Waals surface area contributed by atoms with E-state index in [2.05, 4.69) is 16.0 Å². The summed E-state index contributed by atoms with van der Waals surface area (Å²) >= 11 is 2.58. The summed E-state index contributed by atoms with van der Waals surface area (Å²) in [5.74, 6) is -0.921. The van der Waals surface area contributed by atoms with Gasteiger partial charge in [0, 0.05) is 0 Å². The molecule has 0 aromatic heterocycles. The SMILES string of the molecule is COc1cc(CN(C(=O)OC(C)(C)C)[C@@H](C[Se])C(=O)O)c([N+](=O)[O-])cc1OC. The molecule has 0 aliphatic rings. The van der Waals surface area contributed by atoms with Gasteiger partial charge in [-0.05, 0) is 0 Å². The van der Waals surface area contributed by atoms with E-state index in [1.165, 1.54) is 20.3 Å². The second-order valence-electron chi connectivity index (χ2n) is 6.72. The number of hydrogen-bond acceptors (Lipinski definition) is 7. The van der Waals surface area contributed by atoms with E-state index in [4.69, 9.17) is 14.2 Å². The van der Waals surface area contributed by atoms with Crippen LogP contribution < -0.4 is 9.47 Å². The number of benzene rings is 1. The van der Waals surface area contributed by atoms with Crippen molar-refractivity contribution in [1.82, 2.24) is 4.90 Å². The van der Waals surface area contributed by atoms with Crippen molar-refractivity contribution in [2.24, 2.45) is 0 Å². The van der Waals surface area contributed by atoms with Crippen molar-refractivity contribution < 1.29 is 33.8 Å². The number of nitro groups is 1. The van der Waals surface area contributed by atoms with Crippen molar-refractivity contribution >= 4 is 33.8 Å². The number of nitro benzene ring substituents is 1. The molecule has 0 heterocycles. The topological polar surface area (TPSA) is 128 Å². The van der Waals surface area contributed by atoms with E-state index in [-0.39, 0.29) is 34.6 Å². The van der Waals surface area contributed by atoms with Crippen molar-refractivity contribution in [3.8, 4) is 11.5 Å². The number of carbonyl (C=O) groups is 2. The van der Waals surface area contributed by atoms with Gasteiger partial charge in [0.25, 0.3) is 0 Å². The normalized spacial score (nSPS) is 12.1. The van der Waals surface area contributed by atoms with E-state index in [1.54, 1.807) is 20.8 Å². The van der Waals surface area contributed by atoms with Crippen molar-refractivity contribution in [2.45, 2.75) is 44.3 Å². The number of carbonyl (C=O) groups excluding carboxylic acids is 1. The maximum absolute atomic E-state index is 12.6. The molecule has 0 unspecified atom stereocenters. The Morgan fingerprint density at radius 2 is 1.79 bits per heavy atom. The van der Waals surface area contributed by atoms with E-state index < -0.39 is 28.6 Å². The first-order valence-electron chi connectivity index (χ1n) is 8.15. The van der Waals surface area contributed by atoms with Gasteiger partial charge in [-0.3, -0.25) is 0 Å². The van der Waals surface area contributed by atoms with Gasteiger partial charge in [-0.1, -0.05) is 0 Å². The summed E-state index contributed by atoms with van der Waals surface area (Å²) in [4.78, 5) is 36.0. The molecule has 1 N–H and O–H groups in total. The molecule has 10 nitrogen and oxygen atoms in total. The zero-order chi connectivity index (χ0) is 21.6. The van der Waals surface area contributed by atoms with Gasteiger partial charge in [0.05, 0.1) is 0 Å². The molecule has 11 heteroatoms. The molecule has 0 bridgehead atoms. The molecule has 0 spiro atoms. The van der Waals surface area contributed by atoms with Crippen LogP contribution in [0, 0.1) is 10.1 Å². The van der Waals surface area contributed by atoms with Crippen LogP contribution in [-0.4, -0.2) is 68.9 Å². The van der Waals surface area contributed by atoms with Gasteiger partial charge < -0.3 is 0 Å². The third-order valence-corrected chi connectivity index (χ3v) is 4.23. The van der Waals surface area contributed by atoms with E-state index >= 15 is 0 Å². The standard InChI is InChI=1S/C17H23N2O8Se/c1-17(2,3)27-16(22)18(12(9-28)15(20)21)8-10-6-13(25-4)14(26-5)7-11(10)19(23)24/h6-7,12H,8-9H2,1-5H3,(H,20,21)/t12-/m0/s1. The third kappa shape index (κ3) is 6.00. The van der Waals surface area contributed by atoms with E-state index in [0.29, 0.717) is 0 Å². The van der Waals surface area contributed by atoms with Gasteiger partial charge in [0.2, 0.25) is 0 Å². The molecular formula is C17H23N2O8Se. The van der Waals surface area contributed by atoms with Gasteiger partial charge in [-0.2, -0.15) is 0 Å². The van der Waals surface area contributed by atoms with Crippen LogP contribution in [0.15, 0.2) is 12.1 Å². The second-order valence-corrected chi connectivity index (χ2v) is 7.42. The number of carboxylic acids is 1. The Morgan fingerprint density at radius 1 is 1.25 bits per heavy atom. The molecule has 0 fully saturated rings. The summed E-state index contributed by atoms with van der Waals surface area (Å²) in [6.45, 7) is 4.53. The number of rotatable bonds is 8. The number of hydrogen-bond donors (Lipinski definition) is 1. The summed E-state index contributed by atoms with van der Waals surface area (Å²) in [7, 11) is 2.70. The average molecular weight is 462 g/mol. The van der Waals surface area contributed by atoms with Crippen molar-refractivity contribution in [1.29, 1.82) is 0 Å². The first kappa shape index (κ1) is 23.5. The number of methoxy groups -OCH3 is 2. The molecule has 1 rings (SSSR count). The Labute approximate surface area is 170 Å². The molecule has 155 valence electrons. The van der Waals surface area contributed by atoms with Crippen molar-refractivity contribution in [3.63, 3.8) is 0 Å². The molecule has 1 radical (unpaired) electrons. The molecule has 1 atom stereocenters. The van der Waals surface area contributed by atoms with E-state index in [1.807, 2.05) is 0 Å². The molecule has 0 saturated heterocycles. The first-order chi connectivity index (χ1) is 12.9. The Morgan fingerprint density at radius 3 is 2.18 bits per heavy atom. The molecule has 0 aliphatic carbocycles. The second kappa shape index (κ2) is 9.61. The van der Waals surface area contributed by atoms with Crippen LogP contribution in [0.25, 0.3) is 0 Å². The molecular weight excluding hydrogens is 439 g/mol. The zero-order valence-electron chi connectivity index (χ0n) is 16.3.